The Balaban J connectivity index is 1.39. The molecule has 9 heteroatoms. The van der Waals surface area contributed by atoms with E-state index in [0.717, 1.165) is 23.3 Å². The number of benzene rings is 1. The number of hydrogen-bond donors (Lipinski definition) is 3. The van der Waals surface area contributed by atoms with E-state index in [2.05, 4.69) is 10.6 Å². The standard InChI is InChI=1S/C19H18F3N3O2S/c20-19(21,22)18(27)24-11-3-1-10(2-4-11)15-7-8-16(28-15)17(26)25-14-9-12-5-6-13(14)23-12/h1-4,7-8,12-14,23H,5-6,9H2,(H,24,27)(H,25,26)/t12-,13+,14-/m1/s1. The van der Waals surface area contributed by atoms with Gasteiger partial charge in [-0.2, -0.15) is 13.2 Å². The third kappa shape index (κ3) is 3.90. The molecule has 1 aromatic heterocycles. The molecule has 2 aliphatic heterocycles. The Morgan fingerprint density at radius 2 is 1.82 bits per heavy atom. The summed E-state index contributed by atoms with van der Waals surface area (Å²) >= 11 is 1.32. The van der Waals surface area contributed by atoms with E-state index in [1.807, 2.05) is 6.07 Å². The van der Waals surface area contributed by atoms with Crippen LogP contribution in [0.4, 0.5) is 18.9 Å². The van der Waals surface area contributed by atoms with Gasteiger partial charge < -0.3 is 16.0 Å². The Morgan fingerprint density at radius 1 is 1.07 bits per heavy atom. The number of anilines is 1. The maximum Gasteiger partial charge on any atom is 0.471 e. The molecule has 2 aromatic rings. The van der Waals surface area contributed by atoms with Gasteiger partial charge in [-0.1, -0.05) is 12.1 Å². The SMILES string of the molecule is O=C(N[C@@H]1C[C@H]2CC[C@@H]1N2)c1ccc(-c2ccc(NC(=O)C(F)(F)F)cc2)s1. The first-order valence-electron chi connectivity index (χ1n) is 8.95. The number of carbonyl (C=O) groups excluding carboxylic acids is 2. The lowest BCUT2D eigenvalue weighted by molar-refractivity contribution is -0.167. The highest BCUT2D eigenvalue weighted by Crippen LogP contribution is 2.31. The minimum absolute atomic E-state index is 0.0596. The lowest BCUT2D eigenvalue weighted by Crippen LogP contribution is -2.42. The third-order valence-electron chi connectivity index (χ3n) is 5.13. The van der Waals surface area contributed by atoms with Crippen molar-refractivity contribution in [3.63, 3.8) is 0 Å². The van der Waals surface area contributed by atoms with Crippen molar-refractivity contribution in [2.24, 2.45) is 0 Å². The molecule has 3 heterocycles. The molecule has 0 spiro atoms. The molecule has 0 saturated carbocycles. The Labute approximate surface area is 163 Å². The Kier molecular flexibility index (Phi) is 4.88. The van der Waals surface area contributed by atoms with Gasteiger partial charge >= 0.3 is 12.1 Å². The van der Waals surface area contributed by atoms with E-state index in [9.17, 15) is 22.8 Å². The summed E-state index contributed by atoms with van der Waals surface area (Å²) in [4.78, 5) is 24.9. The summed E-state index contributed by atoms with van der Waals surface area (Å²) in [7, 11) is 0. The molecule has 148 valence electrons. The zero-order valence-corrected chi connectivity index (χ0v) is 15.5. The van der Waals surface area contributed by atoms with Crippen LogP contribution in [0.5, 0.6) is 0 Å². The monoisotopic (exact) mass is 409 g/mol. The van der Waals surface area contributed by atoms with Crippen LogP contribution in [-0.4, -0.2) is 36.1 Å². The van der Waals surface area contributed by atoms with Gasteiger partial charge in [0.1, 0.15) is 0 Å². The van der Waals surface area contributed by atoms with E-state index in [1.54, 1.807) is 23.5 Å². The van der Waals surface area contributed by atoms with Crippen molar-refractivity contribution in [3.05, 3.63) is 41.3 Å². The van der Waals surface area contributed by atoms with Gasteiger partial charge in [-0.15, -0.1) is 11.3 Å². The van der Waals surface area contributed by atoms with Gasteiger partial charge in [-0.25, -0.2) is 0 Å². The second-order valence-corrected chi connectivity index (χ2v) is 8.14. The first-order chi connectivity index (χ1) is 13.3. The van der Waals surface area contributed by atoms with Crippen LogP contribution in [0.2, 0.25) is 0 Å². The second kappa shape index (κ2) is 7.21. The Bertz CT molecular complexity index is 895. The van der Waals surface area contributed by atoms with E-state index in [-0.39, 0.29) is 17.6 Å². The molecule has 2 saturated heterocycles. The molecule has 3 atom stereocenters. The van der Waals surface area contributed by atoms with Gasteiger partial charge in [0, 0.05) is 28.7 Å². The van der Waals surface area contributed by atoms with Gasteiger partial charge in [0.05, 0.1) is 4.88 Å². The molecule has 2 amide bonds. The number of hydrogen-bond acceptors (Lipinski definition) is 4. The predicted octanol–water partition coefficient (Wildman–Crippen LogP) is 3.54. The van der Waals surface area contributed by atoms with E-state index in [4.69, 9.17) is 0 Å². The molecular formula is C19H18F3N3O2S. The summed E-state index contributed by atoms with van der Waals surface area (Å²) < 4.78 is 36.9. The minimum atomic E-state index is -4.93. The number of halogens is 3. The zero-order chi connectivity index (χ0) is 19.9. The summed E-state index contributed by atoms with van der Waals surface area (Å²) in [5, 5.41) is 8.38. The first kappa shape index (κ1) is 18.9. The van der Waals surface area contributed by atoms with Crippen molar-refractivity contribution < 1.29 is 22.8 Å². The number of rotatable bonds is 4. The summed E-state index contributed by atoms with van der Waals surface area (Å²) in [6.07, 6.45) is -1.72. The van der Waals surface area contributed by atoms with E-state index >= 15 is 0 Å². The van der Waals surface area contributed by atoms with E-state index < -0.39 is 12.1 Å². The van der Waals surface area contributed by atoms with Gasteiger partial charge in [0.25, 0.3) is 5.91 Å². The van der Waals surface area contributed by atoms with Crippen LogP contribution in [-0.2, 0) is 4.79 Å². The normalized spacial score (nSPS) is 23.6. The molecule has 2 fully saturated rings. The number of fused-ring (bicyclic) bond motifs is 2. The van der Waals surface area contributed by atoms with Crippen LogP contribution in [0.1, 0.15) is 28.9 Å². The molecule has 0 unspecified atom stereocenters. The Hall–Kier alpha value is -2.39. The summed E-state index contributed by atoms with van der Waals surface area (Å²) in [5.74, 6) is -2.12. The van der Waals surface area contributed by atoms with Crippen LogP contribution in [0.3, 0.4) is 0 Å². The minimum Gasteiger partial charge on any atom is -0.347 e. The predicted molar refractivity (Wildman–Crippen MR) is 100 cm³/mol. The Morgan fingerprint density at radius 3 is 2.43 bits per heavy atom. The average molecular weight is 409 g/mol. The van der Waals surface area contributed by atoms with E-state index in [1.165, 1.54) is 29.9 Å². The molecule has 5 nitrogen and oxygen atoms in total. The van der Waals surface area contributed by atoms with Crippen molar-refractivity contribution in [2.75, 3.05) is 5.32 Å². The van der Waals surface area contributed by atoms with Gasteiger partial charge in [0.2, 0.25) is 0 Å². The maximum absolute atomic E-state index is 12.5. The molecule has 2 aliphatic rings. The molecule has 0 aliphatic carbocycles. The molecule has 3 N–H and O–H groups in total. The van der Waals surface area contributed by atoms with Crippen LogP contribution in [0.25, 0.3) is 10.4 Å². The highest BCUT2D eigenvalue weighted by molar-refractivity contribution is 7.17. The smallest absolute Gasteiger partial charge is 0.347 e. The molecule has 4 rings (SSSR count). The van der Waals surface area contributed by atoms with Gasteiger partial charge in [-0.05, 0) is 49.1 Å². The van der Waals surface area contributed by atoms with Crippen molar-refractivity contribution >= 4 is 28.8 Å². The van der Waals surface area contributed by atoms with E-state index in [0.29, 0.717) is 17.0 Å². The summed E-state index contributed by atoms with van der Waals surface area (Å²) in [6, 6.07) is 10.6. The van der Waals surface area contributed by atoms with Gasteiger partial charge in [0.15, 0.2) is 0 Å². The summed E-state index contributed by atoms with van der Waals surface area (Å²) in [6.45, 7) is 0. The number of amides is 2. The van der Waals surface area contributed by atoms with Crippen molar-refractivity contribution in [2.45, 2.75) is 43.6 Å². The molecule has 28 heavy (non-hydrogen) atoms. The molecule has 0 radical (unpaired) electrons. The third-order valence-corrected chi connectivity index (χ3v) is 6.26. The van der Waals surface area contributed by atoms with Crippen molar-refractivity contribution in [3.8, 4) is 10.4 Å². The largest absolute Gasteiger partial charge is 0.471 e. The fraction of sp³-hybridized carbons (Fsp3) is 0.368. The summed E-state index contributed by atoms with van der Waals surface area (Å²) in [5.41, 5.74) is 0.819. The van der Waals surface area contributed by atoms with Crippen LogP contribution in [0.15, 0.2) is 36.4 Å². The van der Waals surface area contributed by atoms with Crippen molar-refractivity contribution in [1.29, 1.82) is 0 Å². The average Bonchev–Trinajstić information content (AvgIpc) is 3.38. The fourth-order valence-electron chi connectivity index (χ4n) is 3.76. The molecule has 2 bridgehead atoms. The molecular weight excluding hydrogens is 391 g/mol. The number of nitrogens with one attached hydrogen (secondary N) is 3. The second-order valence-electron chi connectivity index (χ2n) is 7.06. The zero-order valence-electron chi connectivity index (χ0n) is 14.7. The lowest BCUT2D eigenvalue weighted by atomic mass is 9.95. The quantitative estimate of drug-likeness (QED) is 0.724. The first-order valence-corrected chi connectivity index (χ1v) is 9.76. The topological polar surface area (TPSA) is 70.2 Å². The molecule has 1 aromatic carbocycles. The lowest BCUT2D eigenvalue weighted by Gasteiger charge is -2.20. The van der Waals surface area contributed by atoms with Crippen LogP contribution >= 0.6 is 11.3 Å². The van der Waals surface area contributed by atoms with Crippen molar-refractivity contribution in [1.82, 2.24) is 10.6 Å². The number of carbonyl (C=O) groups is 2. The maximum atomic E-state index is 12.5. The van der Waals surface area contributed by atoms with Crippen LogP contribution in [0, 0.1) is 0 Å². The highest BCUT2D eigenvalue weighted by Gasteiger charge is 2.40. The number of thiophene rings is 1. The number of alkyl halides is 3. The fourth-order valence-corrected chi connectivity index (χ4v) is 4.67. The van der Waals surface area contributed by atoms with Crippen LogP contribution < -0.4 is 16.0 Å². The highest BCUT2D eigenvalue weighted by atomic mass is 32.1. The van der Waals surface area contributed by atoms with Gasteiger partial charge in [-0.3, -0.25) is 9.59 Å².